The minimum Gasteiger partial charge on any atom is -0.348 e. The number of hydrogen-bond donors (Lipinski definition) is 1. The second-order valence-corrected chi connectivity index (χ2v) is 6.06. The Morgan fingerprint density at radius 1 is 1.44 bits per heavy atom. The van der Waals surface area contributed by atoms with E-state index in [-0.39, 0.29) is 17.5 Å². The summed E-state index contributed by atoms with van der Waals surface area (Å²) in [6, 6.07) is -0.375. The average Bonchev–Trinajstić information content (AvgIpc) is 2.57. The van der Waals surface area contributed by atoms with Crippen molar-refractivity contribution in [1.82, 2.24) is 10.2 Å². The Kier molecular flexibility index (Phi) is 3.90. The Labute approximate surface area is 94.9 Å². The molecule has 0 saturated carbocycles. The molecule has 0 aliphatic carbocycles. The van der Waals surface area contributed by atoms with E-state index in [1.807, 2.05) is 0 Å². The SMILES string of the molecule is CCNC(=O)C(=O)N(C)C1CCS(=O)(=O)C1. The summed E-state index contributed by atoms with van der Waals surface area (Å²) in [6.45, 7) is 2.09. The van der Waals surface area contributed by atoms with Gasteiger partial charge in [-0.15, -0.1) is 0 Å². The zero-order chi connectivity index (χ0) is 12.3. The lowest BCUT2D eigenvalue weighted by molar-refractivity contribution is -0.146. The van der Waals surface area contributed by atoms with Gasteiger partial charge in [0, 0.05) is 19.6 Å². The molecule has 0 radical (unpaired) electrons. The minimum absolute atomic E-state index is 0.0470. The van der Waals surface area contributed by atoms with Crippen LogP contribution in [-0.4, -0.2) is 56.3 Å². The Bertz CT molecular complexity index is 390. The summed E-state index contributed by atoms with van der Waals surface area (Å²) >= 11 is 0. The van der Waals surface area contributed by atoms with Crippen LogP contribution in [-0.2, 0) is 19.4 Å². The lowest BCUT2D eigenvalue weighted by atomic mass is 10.2. The molecule has 6 nitrogen and oxygen atoms in total. The molecule has 1 saturated heterocycles. The summed E-state index contributed by atoms with van der Waals surface area (Å²) in [7, 11) is -1.58. The Hall–Kier alpha value is -1.11. The van der Waals surface area contributed by atoms with Gasteiger partial charge >= 0.3 is 11.8 Å². The highest BCUT2D eigenvalue weighted by Crippen LogP contribution is 2.16. The topological polar surface area (TPSA) is 83.6 Å². The van der Waals surface area contributed by atoms with Crippen LogP contribution in [0.25, 0.3) is 0 Å². The van der Waals surface area contributed by atoms with Crippen LogP contribution >= 0.6 is 0 Å². The van der Waals surface area contributed by atoms with E-state index in [4.69, 9.17) is 0 Å². The monoisotopic (exact) mass is 248 g/mol. The molecule has 16 heavy (non-hydrogen) atoms. The van der Waals surface area contributed by atoms with Gasteiger partial charge in [-0.25, -0.2) is 8.42 Å². The van der Waals surface area contributed by atoms with Gasteiger partial charge < -0.3 is 10.2 Å². The number of hydrogen-bond acceptors (Lipinski definition) is 4. The summed E-state index contributed by atoms with van der Waals surface area (Å²) in [5.41, 5.74) is 0. The van der Waals surface area contributed by atoms with Gasteiger partial charge in [-0.2, -0.15) is 0 Å². The molecule has 1 fully saturated rings. The van der Waals surface area contributed by atoms with Gasteiger partial charge in [-0.05, 0) is 13.3 Å². The molecule has 2 amide bonds. The maximum Gasteiger partial charge on any atom is 0.311 e. The van der Waals surface area contributed by atoms with Crippen LogP contribution in [0.1, 0.15) is 13.3 Å². The third-order valence-corrected chi connectivity index (χ3v) is 4.36. The van der Waals surface area contributed by atoms with E-state index in [2.05, 4.69) is 5.32 Å². The molecule has 1 aliphatic heterocycles. The van der Waals surface area contributed by atoms with Crippen LogP contribution < -0.4 is 5.32 Å². The molecule has 92 valence electrons. The molecule has 1 unspecified atom stereocenters. The highest BCUT2D eigenvalue weighted by molar-refractivity contribution is 7.91. The molecule has 1 rings (SSSR count). The van der Waals surface area contributed by atoms with Crippen LogP contribution in [0.2, 0.25) is 0 Å². The number of sulfone groups is 1. The van der Waals surface area contributed by atoms with Gasteiger partial charge in [0.2, 0.25) is 0 Å². The van der Waals surface area contributed by atoms with Gasteiger partial charge in [-0.1, -0.05) is 0 Å². The van der Waals surface area contributed by atoms with Crippen molar-refractivity contribution < 1.29 is 18.0 Å². The quantitative estimate of drug-likeness (QED) is 0.620. The average molecular weight is 248 g/mol. The fraction of sp³-hybridized carbons (Fsp3) is 0.778. The number of carbonyl (C=O) groups excluding carboxylic acids is 2. The Morgan fingerprint density at radius 2 is 2.06 bits per heavy atom. The Balaban J connectivity index is 2.62. The minimum atomic E-state index is -3.04. The number of nitrogens with zero attached hydrogens (tertiary/aromatic N) is 1. The predicted octanol–water partition coefficient (Wildman–Crippen LogP) is -1.23. The third-order valence-electron chi connectivity index (χ3n) is 2.61. The van der Waals surface area contributed by atoms with Crippen LogP contribution in [0.4, 0.5) is 0 Å². The van der Waals surface area contributed by atoms with E-state index in [1.165, 1.54) is 11.9 Å². The van der Waals surface area contributed by atoms with E-state index < -0.39 is 21.7 Å². The molecule has 0 aromatic carbocycles. The molecule has 0 bridgehead atoms. The van der Waals surface area contributed by atoms with Gasteiger partial charge in [0.1, 0.15) is 0 Å². The molecule has 0 aromatic heterocycles. The molecule has 1 atom stereocenters. The number of amides is 2. The first kappa shape index (κ1) is 13.0. The molecule has 7 heteroatoms. The van der Waals surface area contributed by atoms with E-state index in [0.29, 0.717) is 13.0 Å². The smallest absolute Gasteiger partial charge is 0.311 e. The maximum absolute atomic E-state index is 11.6. The van der Waals surface area contributed by atoms with Crippen LogP contribution in [0, 0.1) is 0 Å². The van der Waals surface area contributed by atoms with E-state index in [9.17, 15) is 18.0 Å². The molecular weight excluding hydrogens is 232 g/mol. The van der Waals surface area contributed by atoms with Crippen molar-refractivity contribution >= 4 is 21.7 Å². The highest BCUT2D eigenvalue weighted by Gasteiger charge is 2.34. The molecule has 0 spiro atoms. The molecule has 0 aromatic rings. The predicted molar refractivity (Wildman–Crippen MR) is 58.5 cm³/mol. The first-order valence-electron chi connectivity index (χ1n) is 5.13. The summed E-state index contributed by atoms with van der Waals surface area (Å²) in [5, 5.41) is 2.39. The zero-order valence-corrected chi connectivity index (χ0v) is 10.2. The summed E-state index contributed by atoms with van der Waals surface area (Å²) < 4.78 is 22.5. The standard InChI is InChI=1S/C9H16N2O4S/c1-3-10-8(12)9(13)11(2)7-4-5-16(14,15)6-7/h7H,3-6H2,1-2H3,(H,10,12). The molecular formula is C9H16N2O4S. The summed E-state index contributed by atoms with van der Waals surface area (Å²) in [6.07, 6.45) is 0.407. The van der Waals surface area contributed by atoms with Crippen molar-refractivity contribution in [2.75, 3.05) is 25.1 Å². The van der Waals surface area contributed by atoms with Gasteiger partial charge in [0.25, 0.3) is 0 Å². The molecule has 1 heterocycles. The fourth-order valence-electron chi connectivity index (χ4n) is 1.64. The lowest BCUT2D eigenvalue weighted by Crippen LogP contribution is -2.46. The number of carbonyl (C=O) groups is 2. The second-order valence-electron chi connectivity index (χ2n) is 3.83. The zero-order valence-electron chi connectivity index (χ0n) is 9.39. The van der Waals surface area contributed by atoms with Crippen molar-refractivity contribution in [2.24, 2.45) is 0 Å². The fourth-order valence-corrected chi connectivity index (χ4v) is 3.42. The number of likely N-dealkylation sites (N-methyl/N-ethyl adjacent to an activating group) is 2. The van der Waals surface area contributed by atoms with E-state index >= 15 is 0 Å². The van der Waals surface area contributed by atoms with Crippen LogP contribution in [0.15, 0.2) is 0 Å². The number of nitrogens with one attached hydrogen (secondary N) is 1. The second kappa shape index (κ2) is 4.82. The van der Waals surface area contributed by atoms with Crippen molar-refractivity contribution in [3.8, 4) is 0 Å². The Morgan fingerprint density at radius 3 is 2.50 bits per heavy atom. The molecule has 1 N–H and O–H groups in total. The first-order chi connectivity index (χ1) is 7.37. The van der Waals surface area contributed by atoms with Crippen molar-refractivity contribution in [1.29, 1.82) is 0 Å². The van der Waals surface area contributed by atoms with Gasteiger partial charge in [0.05, 0.1) is 11.5 Å². The summed E-state index contributed by atoms with van der Waals surface area (Å²) in [5.74, 6) is -1.32. The van der Waals surface area contributed by atoms with Crippen LogP contribution in [0.5, 0.6) is 0 Å². The number of rotatable bonds is 2. The van der Waals surface area contributed by atoms with E-state index in [0.717, 1.165) is 0 Å². The van der Waals surface area contributed by atoms with E-state index in [1.54, 1.807) is 6.92 Å². The van der Waals surface area contributed by atoms with Crippen molar-refractivity contribution in [2.45, 2.75) is 19.4 Å². The first-order valence-corrected chi connectivity index (χ1v) is 6.95. The van der Waals surface area contributed by atoms with Crippen LogP contribution in [0.3, 0.4) is 0 Å². The maximum atomic E-state index is 11.6. The summed E-state index contributed by atoms with van der Waals surface area (Å²) in [4.78, 5) is 24.0. The van der Waals surface area contributed by atoms with Gasteiger partial charge in [-0.3, -0.25) is 9.59 Å². The van der Waals surface area contributed by atoms with Gasteiger partial charge in [0.15, 0.2) is 9.84 Å². The third kappa shape index (κ3) is 2.94. The molecule has 1 aliphatic rings. The largest absolute Gasteiger partial charge is 0.348 e. The van der Waals surface area contributed by atoms with Crippen molar-refractivity contribution in [3.05, 3.63) is 0 Å². The lowest BCUT2D eigenvalue weighted by Gasteiger charge is -2.22. The van der Waals surface area contributed by atoms with Crippen molar-refractivity contribution in [3.63, 3.8) is 0 Å². The highest BCUT2D eigenvalue weighted by atomic mass is 32.2. The normalized spacial score (nSPS) is 22.8.